The number of benzene rings is 5. The van der Waals surface area contributed by atoms with Crippen molar-refractivity contribution in [2.24, 2.45) is 0 Å². The van der Waals surface area contributed by atoms with E-state index in [0.29, 0.717) is 28.9 Å². The Morgan fingerprint density at radius 2 is 1.19 bits per heavy atom. The van der Waals surface area contributed by atoms with Crippen LogP contribution in [0.1, 0.15) is 66.2 Å². The Balaban J connectivity index is 1.17. The van der Waals surface area contributed by atoms with Crippen LogP contribution in [0.2, 0.25) is 0 Å². The topological polar surface area (TPSA) is 59.1 Å². The van der Waals surface area contributed by atoms with Crippen molar-refractivity contribution in [2.45, 2.75) is 45.4 Å². The van der Waals surface area contributed by atoms with Crippen molar-refractivity contribution < 1.29 is 19.1 Å². The second kappa shape index (κ2) is 15.8. The van der Waals surface area contributed by atoms with Crippen molar-refractivity contribution in [2.75, 3.05) is 24.7 Å². The molecule has 0 fully saturated rings. The van der Waals surface area contributed by atoms with Crippen LogP contribution in [0, 0.1) is 0 Å². The molecule has 0 aliphatic carbocycles. The Hall–Kier alpha value is -4.14. The first kappa shape index (κ1) is 33.7. The third-order valence-electron chi connectivity index (χ3n) is 8.55. The van der Waals surface area contributed by atoms with E-state index in [1.807, 2.05) is 72.8 Å². The fraction of sp³-hybridized carbons (Fsp3) is 0.250. The van der Waals surface area contributed by atoms with Crippen molar-refractivity contribution >= 4 is 71.5 Å². The number of nitrogens with zero attached hydrogens (tertiary/aromatic N) is 2. The van der Waals surface area contributed by atoms with Gasteiger partial charge < -0.3 is 14.4 Å². The maximum absolute atomic E-state index is 13.8. The van der Waals surface area contributed by atoms with E-state index in [0.717, 1.165) is 50.0 Å². The molecule has 0 spiro atoms. The largest absolute Gasteiger partial charge is 0.492 e. The van der Waals surface area contributed by atoms with Crippen molar-refractivity contribution in [3.05, 3.63) is 123 Å². The number of anilines is 3. The molecule has 5 aromatic rings. The van der Waals surface area contributed by atoms with Gasteiger partial charge in [0.15, 0.2) is 0 Å². The first-order valence-corrected chi connectivity index (χ1v) is 18.1. The second-order valence-corrected chi connectivity index (χ2v) is 13.5. The number of hydrogen-bond acceptors (Lipinski definition) is 5. The fourth-order valence-corrected chi connectivity index (χ4v) is 7.03. The van der Waals surface area contributed by atoms with E-state index in [-0.39, 0.29) is 25.0 Å². The van der Waals surface area contributed by atoms with Crippen LogP contribution in [0.25, 0.3) is 10.8 Å². The smallest absolute Gasteiger partial charge is 0.261 e. The zero-order valence-corrected chi connectivity index (χ0v) is 30.1. The van der Waals surface area contributed by atoms with Crippen molar-refractivity contribution in [1.29, 1.82) is 0 Å². The van der Waals surface area contributed by atoms with Crippen molar-refractivity contribution in [3.8, 4) is 11.5 Å². The Labute approximate surface area is 298 Å². The molecule has 1 aliphatic rings. The highest BCUT2D eigenvalue weighted by Gasteiger charge is 2.34. The molecule has 5 aromatic carbocycles. The molecule has 0 saturated heterocycles. The summed E-state index contributed by atoms with van der Waals surface area (Å²) in [5.41, 5.74) is 3.85. The normalized spacial score (nSPS) is 12.4. The summed E-state index contributed by atoms with van der Waals surface area (Å²) >= 11 is 7.20. The highest BCUT2D eigenvalue weighted by molar-refractivity contribution is 9.11. The summed E-state index contributed by atoms with van der Waals surface area (Å²) in [4.78, 5) is 31.1. The SMILES string of the molecule is CCCCCCCCOc1cc(Br)c(OCCN2C(=O)c3cccc4c(N(c5ccccc5)c5ccccc5)ccc(c34)C2=O)cc1Br. The predicted octanol–water partition coefficient (Wildman–Crippen LogP) is 11.2. The van der Waals surface area contributed by atoms with Gasteiger partial charge in [-0.05, 0) is 92.9 Å². The fourth-order valence-electron chi connectivity index (χ4n) is 6.15. The van der Waals surface area contributed by atoms with Gasteiger partial charge in [0.05, 0.1) is 27.8 Å². The van der Waals surface area contributed by atoms with Crippen molar-refractivity contribution in [1.82, 2.24) is 4.90 Å². The maximum atomic E-state index is 13.8. The number of imide groups is 1. The Morgan fingerprint density at radius 3 is 1.81 bits per heavy atom. The van der Waals surface area contributed by atoms with Crippen LogP contribution >= 0.6 is 31.9 Å². The summed E-state index contributed by atoms with van der Waals surface area (Å²) < 4.78 is 13.6. The number of para-hydroxylation sites is 2. The van der Waals surface area contributed by atoms with Crippen LogP contribution < -0.4 is 14.4 Å². The van der Waals surface area contributed by atoms with E-state index in [2.05, 4.69) is 67.9 Å². The standard InChI is InChI=1S/C40H38Br2N2O4/c1-2-3-4-5-6-13-24-47-36-26-34(42)37(27-33(36)41)48-25-23-43-39(45)31-20-14-19-30-35(22-21-32(38(30)31)40(43)46)44(28-15-9-7-10-16-28)29-17-11-8-12-18-29/h7-12,14-22,26-27H,2-6,13,23-25H2,1H3. The molecular weight excluding hydrogens is 732 g/mol. The summed E-state index contributed by atoms with van der Waals surface area (Å²) in [7, 11) is 0. The van der Waals surface area contributed by atoms with Gasteiger partial charge in [-0.15, -0.1) is 0 Å². The molecule has 0 unspecified atom stereocenters. The number of rotatable bonds is 15. The number of carbonyl (C=O) groups excluding carboxylic acids is 2. The number of amides is 2. The Bertz CT molecular complexity index is 1840. The molecule has 0 atom stereocenters. The first-order valence-electron chi connectivity index (χ1n) is 16.5. The van der Waals surface area contributed by atoms with Gasteiger partial charge in [-0.3, -0.25) is 14.5 Å². The molecule has 0 aromatic heterocycles. The van der Waals surface area contributed by atoms with E-state index in [4.69, 9.17) is 9.47 Å². The summed E-state index contributed by atoms with van der Waals surface area (Å²) in [6.45, 7) is 3.12. The lowest BCUT2D eigenvalue weighted by atomic mass is 9.92. The van der Waals surface area contributed by atoms with E-state index in [9.17, 15) is 9.59 Å². The third kappa shape index (κ3) is 7.30. The lowest BCUT2D eigenvalue weighted by Crippen LogP contribution is -2.42. The third-order valence-corrected chi connectivity index (χ3v) is 9.79. The lowest BCUT2D eigenvalue weighted by molar-refractivity contribution is 0.0587. The summed E-state index contributed by atoms with van der Waals surface area (Å²) in [5.74, 6) is 0.679. The minimum absolute atomic E-state index is 0.107. The maximum Gasteiger partial charge on any atom is 0.261 e. The predicted molar refractivity (Wildman–Crippen MR) is 200 cm³/mol. The van der Waals surface area contributed by atoms with Crippen LogP contribution in [0.3, 0.4) is 0 Å². The Morgan fingerprint density at radius 1 is 0.625 bits per heavy atom. The average Bonchev–Trinajstić information content (AvgIpc) is 3.11. The minimum atomic E-state index is -0.330. The number of unbranched alkanes of at least 4 members (excludes halogenated alkanes) is 5. The molecule has 0 bridgehead atoms. The first-order chi connectivity index (χ1) is 23.5. The van der Waals surface area contributed by atoms with Crippen LogP contribution in [-0.4, -0.2) is 36.5 Å². The average molecular weight is 771 g/mol. The molecule has 246 valence electrons. The van der Waals surface area contributed by atoms with Gasteiger partial charge in [-0.25, -0.2) is 0 Å². The van der Waals surface area contributed by atoms with Gasteiger partial charge in [-0.1, -0.05) is 87.6 Å². The molecular formula is C40H38Br2N2O4. The molecule has 1 heterocycles. The summed E-state index contributed by atoms with van der Waals surface area (Å²) in [5, 5.41) is 1.50. The van der Waals surface area contributed by atoms with Crippen LogP contribution in [0.5, 0.6) is 11.5 Å². The molecule has 8 heteroatoms. The second-order valence-electron chi connectivity index (χ2n) is 11.8. The highest BCUT2D eigenvalue weighted by Crippen LogP contribution is 2.42. The molecule has 0 radical (unpaired) electrons. The summed E-state index contributed by atoms with van der Waals surface area (Å²) in [6, 6.07) is 33.4. The van der Waals surface area contributed by atoms with Crippen molar-refractivity contribution in [3.63, 3.8) is 0 Å². The molecule has 6 nitrogen and oxygen atoms in total. The number of ether oxygens (including phenoxy) is 2. The monoisotopic (exact) mass is 768 g/mol. The molecule has 2 amide bonds. The van der Waals surface area contributed by atoms with Gasteiger partial charge in [-0.2, -0.15) is 0 Å². The van der Waals surface area contributed by atoms with Gasteiger partial charge in [0.1, 0.15) is 18.1 Å². The summed E-state index contributed by atoms with van der Waals surface area (Å²) in [6.07, 6.45) is 7.21. The number of halogens is 2. The van der Waals surface area contributed by atoms with Gasteiger partial charge in [0.25, 0.3) is 11.8 Å². The number of carbonyl (C=O) groups is 2. The molecule has 0 N–H and O–H groups in total. The minimum Gasteiger partial charge on any atom is -0.492 e. The van der Waals surface area contributed by atoms with E-state index in [1.165, 1.54) is 30.6 Å². The van der Waals surface area contributed by atoms with Gasteiger partial charge in [0, 0.05) is 33.3 Å². The molecule has 6 rings (SSSR count). The van der Waals surface area contributed by atoms with E-state index in [1.54, 1.807) is 6.07 Å². The Kier molecular flexibility index (Phi) is 11.1. The van der Waals surface area contributed by atoms with Gasteiger partial charge in [0.2, 0.25) is 0 Å². The van der Waals surface area contributed by atoms with Crippen LogP contribution in [0.4, 0.5) is 17.1 Å². The highest BCUT2D eigenvalue weighted by atomic mass is 79.9. The quantitative estimate of drug-likeness (QED) is 0.0784. The van der Waals surface area contributed by atoms with E-state index < -0.39 is 0 Å². The molecule has 48 heavy (non-hydrogen) atoms. The van der Waals surface area contributed by atoms with Gasteiger partial charge >= 0.3 is 0 Å². The lowest BCUT2D eigenvalue weighted by Gasteiger charge is -2.31. The van der Waals surface area contributed by atoms with E-state index >= 15 is 0 Å². The van der Waals surface area contributed by atoms with Crippen LogP contribution in [-0.2, 0) is 0 Å². The van der Waals surface area contributed by atoms with Crippen LogP contribution in [0.15, 0.2) is 112 Å². The molecule has 0 saturated carbocycles. The zero-order valence-electron chi connectivity index (χ0n) is 27.0. The zero-order chi connectivity index (χ0) is 33.5. The molecule has 1 aliphatic heterocycles. The number of hydrogen-bond donors (Lipinski definition) is 0.